The molecule has 1 unspecified atom stereocenters. The Balaban J connectivity index is 1.46. The lowest BCUT2D eigenvalue weighted by atomic mass is 9.85. The number of benzene rings is 7. The zero-order valence-corrected chi connectivity index (χ0v) is 22.6. The lowest BCUT2D eigenvalue weighted by molar-refractivity contribution is 0.590. The summed E-state index contributed by atoms with van der Waals surface area (Å²) in [6.45, 7) is 1.86. The van der Waals surface area contributed by atoms with Crippen molar-refractivity contribution in [2.24, 2.45) is 0 Å². The molecule has 0 N–H and O–H groups in total. The highest BCUT2D eigenvalue weighted by atomic mass is 31.2. The van der Waals surface area contributed by atoms with Crippen molar-refractivity contribution in [3.63, 3.8) is 0 Å². The molecule has 186 valence electrons. The molecule has 7 aromatic rings. The summed E-state index contributed by atoms with van der Waals surface area (Å²) < 4.78 is 13.8. The minimum atomic E-state index is -2.67. The molecule has 0 spiro atoms. The quantitative estimate of drug-likeness (QED) is 0.168. The van der Waals surface area contributed by atoms with Crippen molar-refractivity contribution < 1.29 is 4.57 Å². The van der Waals surface area contributed by atoms with Gasteiger partial charge in [-0.05, 0) is 67.3 Å². The van der Waals surface area contributed by atoms with Crippen LogP contribution in [0.5, 0.6) is 0 Å². The molecule has 1 nitrogen and oxygen atoms in total. The highest BCUT2D eigenvalue weighted by molar-refractivity contribution is 7.78. The van der Waals surface area contributed by atoms with Crippen LogP contribution >= 0.6 is 7.14 Å². The molecule has 0 aliphatic carbocycles. The van der Waals surface area contributed by atoms with Crippen molar-refractivity contribution in [2.75, 3.05) is 6.66 Å². The van der Waals surface area contributed by atoms with Crippen LogP contribution in [0.4, 0.5) is 0 Å². The van der Waals surface area contributed by atoms with Crippen LogP contribution in [0.3, 0.4) is 0 Å². The first-order valence-corrected chi connectivity index (χ1v) is 15.4. The third kappa shape index (κ3) is 3.98. The summed E-state index contributed by atoms with van der Waals surface area (Å²) in [5.41, 5.74) is 4.82. The van der Waals surface area contributed by atoms with Gasteiger partial charge in [0.15, 0.2) is 0 Å². The maximum atomic E-state index is 13.8. The van der Waals surface area contributed by atoms with Crippen molar-refractivity contribution in [1.29, 1.82) is 0 Å². The molecule has 0 saturated heterocycles. The average Bonchev–Trinajstić information content (AvgIpc) is 3.00. The lowest BCUT2D eigenvalue weighted by Gasteiger charge is -2.19. The molecule has 2 heteroatoms. The molecule has 1 atom stereocenters. The number of hydrogen-bond acceptors (Lipinski definition) is 1. The topological polar surface area (TPSA) is 17.1 Å². The van der Waals surface area contributed by atoms with Gasteiger partial charge in [-0.2, -0.15) is 0 Å². The minimum Gasteiger partial charge on any atom is -0.314 e. The zero-order chi connectivity index (χ0) is 26.4. The van der Waals surface area contributed by atoms with Crippen LogP contribution in [0.1, 0.15) is 0 Å². The zero-order valence-electron chi connectivity index (χ0n) is 21.7. The Hall–Kier alpha value is -4.45. The summed E-state index contributed by atoms with van der Waals surface area (Å²) in [5.74, 6) is 0. The minimum absolute atomic E-state index is 0.874. The van der Waals surface area contributed by atoms with Crippen LogP contribution in [0.2, 0.25) is 0 Å². The summed E-state index contributed by atoms with van der Waals surface area (Å²) in [6.07, 6.45) is 0. The fourth-order valence-corrected chi connectivity index (χ4v) is 7.63. The Bertz CT molecular complexity index is 1980. The summed E-state index contributed by atoms with van der Waals surface area (Å²) in [5, 5.41) is 9.14. The molecular formula is C37H27OP. The Morgan fingerprint density at radius 1 is 0.410 bits per heavy atom. The monoisotopic (exact) mass is 518 g/mol. The van der Waals surface area contributed by atoms with Gasteiger partial charge in [-0.25, -0.2) is 0 Å². The van der Waals surface area contributed by atoms with Gasteiger partial charge in [-0.3, -0.25) is 0 Å². The number of fused-ring (bicyclic) bond motifs is 3. The van der Waals surface area contributed by atoms with Gasteiger partial charge < -0.3 is 4.57 Å². The molecule has 0 aliphatic rings. The van der Waals surface area contributed by atoms with Crippen molar-refractivity contribution in [2.45, 2.75) is 0 Å². The van der Waals surface area contributed by atoms with Crippen molar-refractivity contribution in [3.05, 3.63) is 146 Å². The second kappa shape index (κ2) is 9.38. The fraction of sp³-hybridized carbons (Fsp3) is 0.0270. The molecule has 0 fully saturated rings. The summed E-state index contributed by atoms with van der Waals surface area (Å²) in [4.78, 5) is 0. The Morgan fingerprint density at radius 2 is 0.846 bits per heavy atom. The molecule has 0 aliphatic heterocycles. The van der Waals surface area contributed by atoms with Crippen LogP contribution in [-0.4, -0.2) is 6.66 Å². The molecule has 39 heavy (non-hydrogen) atoms. The van der Waals surface area contributed by atoms with Gasteiger partial charge in [0.1, 0.15) is 7.14 Å². The van der Waals surface area contributed by atoms with E-state index >= 15 is 0 Å². The first kappa shape index (κ1) is 23.7. The number of hydrogen-bond donors (Lipinski definition) is 0. The molecule has 0 heterocycles. The predicted molar refractivity (Wildman–Crippen MR) is 169 cm³/mol. The van der Waals surface area contributed by atoms with E-state index in [-0.39, 0.29) is 0 Å². The van der Waals surface area contributed by atoms with Gasteiger partial charge in [-0.15, -0.1) is 0 Å². The third-order valence-electron chi connectivity index (χ3n) is 7.87. The molecule has 0 saturated carbocycles. The van der Waals surface area contributed by atoms with Crippen molar-refractivity contribution in [3.8, 4) is 22.3 Å². The van der Waals surface area contributed by atoms with Gasteiger partial charge in [0.05, 0.1) is 0 Å². The second-order valence-corrected chi connectivity index (χ2v) is 13.1. The maximum absolute atomic E-state index is 13.8. The van der Waals surface area contributed by atoms with E-state index in [4.69, 9.17) is 0 Å². The van der Waals surface area contributed by atoms with Crippen LogP contribution in [0, 0.1) is 0 Å². The smallest absolute Gasteiger partial charge is 0.140 e. The molecule has 0 bridgehead atoms. The Kier molecular flexibility index (Phi) is 5.69. The van der Waals surface area contributed by atoms with Gasteiger partial charge >= 0.3 is 0 Å². The maximum Gasteiger partial charge on any atom is 0.140 e. The fourth-order valence-electron chi connectivity index (χ4n) is 5.87. The van der Waals surface area contributed by atoms with E-state index in [0.717, 1.165) is 16.2 Å². The van der Waals surface area contributed by atoms with Crippen LogP contribution in [0.15, 0.2) is 146 Å². The van der Waals surface area contributed by atoms with E-state index in [1.165, 1.54) is 49.0 Å². The van der Waals surface area contributed by atoms with Gasteiger partial charge in [0.2, 0.25) is 0 Å². The SMILES string of the molecule is CP(=O)(c1ccccc1)c1ccc(-c2c3ccccc3c(-c3ccc4ccccc4c3)c3ccccc23)cc1. The lowest BCUT2D eigenvalue weighted by Crippen LogP contribution is -2.14. The molecule has 0 aromatic heterocycles. The second-order valence-electron chi connectivity index (χ2n) is 10.2. The van der Waals surface area contributed by atoms with Crippen LogP contribution in [0.25, 0.3) is 54.6 Å². The largest absolute Gasteiger partial charge is 0.314 e. The average molecular weight is 519 g/mol. The summed E-state index contributed by atoms with van der Waals surface area (Å²) in [7, 11) is -2.67. The molecule has 0 amide bonds. The molecule has 0 radical (unpaired) electrons. The third-order valence-corrected chi connectivity index (χ3v) is 10.4. The van der Waals surface area contributed by atoms with Crippen LogP contribution in [-0.2, 0) is 4.57 Å². The van der Waals surface area contributed by atoms with E-state index in [2.05, 4.69) is 103 Å². The highest BCUT2D eigenvalue weighted by Gasteiger charge is 2.22. The molecule has 7 rings (SSSR count). The van der Waals surface area contributed by atoms with Gasteiger partial charge in [0.25, 0.3) is 0 Å². The molecule has 7 aromatic carbocycles. The summed E-state index contributed by atoms with van der Waals surface area (Å²) >= 11 is 0. The first-order valence-electron chi connectivity index (χ1n) is 13.3. The first-order chi connectivity index (χ1) is 19.1. The van der Waals surface area contributed by atoms with E-state index in [0.29, 0.717) is 0 Å². The molecular weight excluding hydrogens is 491 g/mol. The van der Waals surface area contributed by atoms with E-state index in [1.54, 1.807) is 0 Å². The van der Waals surface area contributed by atoms with Crippen LogP contribution < -0.4 is 10.6 Å². The van der Waals surface area contributed by atoms with Gasteiger partial charge in [-0.1, -0.05) is 140 Å². The van der Waals surface area contributed by atoms with E-state index in [1.807, 2.05) is 49.1 Å². The van der Waals surface area contributed by atoms with Crippen molar-refractivity contribution in [1.82, 2.24) is 0 Å². The number of rotatable bonds is 4. The summed E-state index contributed by atoms with van der Waals surface area (Å²) in [6, 6.07) is 50.9. The standard InChI is InChI=1S/C37H27OP/c1-39(38,30-13-3-2-4-14-30)31-23-21-27(22-24-31)36-32-15-7-9-17-34(32)37(35-18-10-8-16-33(35)36)29-20-19-26-11-5-6-12-28(26)25-29/h2-25H,1H3. The highest BCUT2D eigenvalue weighted by Crippen LogP contribution is 2.45. The predicted octanol–water partition coefficient (Wildman–Crippen LogP) is 9.42. The van der Waals surface area contributed by atoms with Gasteiger partial charge in [0, 0.05) is 10.6 Å². The normalized spacial score (nSPS) is 13.1. The Labute approximate surface area is 228 Å². The van der Waals surface area contributed by atoms with Crippen molar-refractivity contribution >= 4 is 50.1 Å². The van der Waals surface area contributed by atoms with E-state index < -0.39 is 7.14 Å². The Morgan fingerprint density at radius 3 is 1.44 bits per heavy atom. The van der Waals surface area contributed by atoms with E-state index in [9.17, 15) is 4.57 Å².